The van der Waals surface area contributed by atoms with Gasteiger partial charge in [0.2, 0.25) is 0 Å². The molecule has 0 radical (unpaired) electrons. The Hall–Kier alpha value is -2.01. The summed E-state index contributed by atoms with van der Waals surface area (Å²) >= 11 is 0.576. The molecule has 0 N–H and O–H groups in total. The number of rotatable bonds is 5. The Morgan fingerprint density at radius 1 is 1.11 bits per heavy atom. The quantitative estimate of drug-likeness (QED) is 0.469. The van der Waals surface area contributed by atoms with Gasteiger partial charge in [-0.1, -0.05) is 36.4 Å². The summed E-state index contributed by atoms with van der Waals surface area (Å²) in [5.74, 6) is 0.630. The molecule has 0 saturated heterocycles. The third-order valence-electron chi connectivity index (χ3n) is 2.23. The SMILES string of the molecule is O=[N+]([O-])Sc1cccc(OCc2ccccc2)c1. The van der Waals surface area contributed by atoms with Gasteiger partial charge in [-0.05, 0) is 17.7 Å². The average molecular weight is 261 g/mol. The molecule has 0 heterocycles. The molecule has 2 aromatic rings. The first kappa shape index (κ1) is 12.4. The van der Waals surface area contributed by atoms with Crippen LogP contribution in [0.2, 0.25) is 0 Å². The lowest BCUT2D eigenvalue weighted by atomic mass is 10.2. The van der Waals surface area contributed by atoms with E-state index in [4.69, 9.17) is 4.74 Å². The summed E-state index contributed by atoms with van der Waals surface area (Å²) in [7, 11) is 0. The molecule has 2 rings (SSSR count). The second kappa shape index (κ2) is 6.07. The molecule has 0 bridgehead atoms. The molecule has 5 heteroatoms. The topological polar surface area (TPSA) is 52.4 Å². The van der Waals surface area contributed by atoms with Crippen LogP contribution in [0.4, 0.5) is 0 Å². The van der Waals surface area contributed by atoms with Crippen molar-refractivity contribution in [1.29, 1.82) is 0 Å². The van der Waals surface area contributed by atoms with Crippen molar-refractivity contribution in [1.82, 2.24) is 0 Å². The minimum Gasteiger partial charge on any atom is -0.489 e. The highest BCUT2D eigenvalue weighted by atomic mass is 32.2. The van der Waals surface area contributed by atoms with Crippen molar-refractivity contribution in [2.24, 2.45) is 0 Å². The van der Waals surface area contributed by atoms with Gasteiger partial charge in [-0.25, -0.2) is 0 Å². The fraction of sp³-hybridized carbons (Fsp3) is 0.0769. The summed E-state index contributed by atoms with van der Waals surface area (Å²) < 4.78 is 5.14. The minimum atomic E-state index is -0.434. The van der Waals surface area contributed by atoms with Crippen LogP contribution in [0.25, 0.3) is 0 Å². The lowest BCUT2D eigenvalue weighted by Gasteiger charge is -2.06. The van der Waals surface area contributed by atoms with Gasteiger partial charge < -0.3 is 4.74 Å². The van der Waals surface area contributed by atoms with Crippen LogP contribution in [0.1, 0.15) is 5.56 Å². The molecule has 2 aromatic carbocycles. The first-order valence-electron chi connectivity index (χ1n) is 5.33. The highest BCUT2D eigenvalue weighted by molar-refractivity contribution is 7.93. The van der Waals surface area contributed by atoms with Gasteiger partial charge in [0, 0.05) is 6.07 Å². The van der Waals surface area contributed by atoms with Crippen molar-refractivity contribution in [2.75, 3.05) is 0 Å². The number of nitrogens with zero attached hydrogens (tertiary/aromatic N) is 1. The number of benzene rings is 2. The molecule has 92 valence electrons. The summed E-state index contributed by atoms with van der Waals surface area (Å²) in [6, 6.07) is 16.6. The number of hydrogen-bond donors (Lipinski definition) is 0. The van der Waals surface area contributed by atoms with Crippen molar-refractivity contribution >= 4 is 11.9 Å². The molecule has 0 aliphatic heterocycles. The van der Waals surface area contributed by atoms with Crippen LogP contribution in [-0.4, -0.2) is 4.33 Å². The van der Waals surface area contributed by atoms with Gasteiger partial charge in [0.25, 0.3) is 11.9 Å². The summed E-state index contributed by atoms with van der Waals surface area (Å²) in [6.45, 7) is 0.452. The molecule has 0 amide bonds. The van der Waals surface area contributed by atoms with E-state index in [-0.39, 0.29) is 0 Å². The highest BCUT2D eigenvalue weighted by Gasteiger charge is 2.06. The van der Waals surface area contributed by atoms with E-state index < -0.39 is 4.33 Å². The molecular formula is C13H11NO3S. The lowest BCUT2D eigenvalue weighted by Crippen LogP contribution is -1.95. The zero-order valence-electron chi connectivity index (χ0n) is 9.48. The van der Waals surface area contributed by atoms with Crippen LogP contribution in [0, 0.1) is 10.1 Å². The van der Waals surface area contributed by atoms with Gasteiger partial charge in [-0.15, -0.1) is 0 Å². The molecule has 0 saturated carbocycles. The van der Waals surface area contributed by atoms with E-state index in [1.54, 1.807) is 24.3 Å². The van der Waals surface area contributed by atoms with Crippen LogP contribution in [-0.2, 0) is 6.61 Å². The molecule has 0 aliphatic rings. The predicted octanol–water partition coefficient (Wildman–Crippen LogP) is 3.55. The molecule has 0 spiro atoms. The monoisotopic (exact) mass is 261 g/mol. The Kier molecular flexibility index (Phi) is 4.20. The normalized spacial score (nSPS) is 10.0. The standard InChI is InChI=1S/C13H11NO3S/c15-14(16)18-13-8-4-7-12(9-13)17-10-11-5-2-1-3-6-11/h1-9H,10H2. The number of ether oxygens (including phenoxy) is 1. The van der Waals surface area contributed by atoms with Crippen LogP contribution in [0.15, 0.2) is 59.5 Å². The summed E-state index contributed by atoms with van der Waals surface area (Å²) in [4.78, 5) is 10.9. The zero-order valence-corrected chi connectivity index (χ0v) is 10.3. The van der Waals surface area contributed by atoms with Gasteiger partial charge >= 0.3 is 0 Å². The maximum absolute atomic E-state index is 10.4. The Bertz CT molecular complexity index is 531. The van der Waals surface area contributed by atoms with E-state index >= 15 is 0 Å². The zero-order chi connectivity index (χ0) is 12.8. The minimum absolute atomic E-state index is 0.434. The smallest absolute Gasteiger partial charge is 0.265 e. The van der Waals surface area contributed by atoms with E-state index in [0.29, 0.717) is 29.2 Å². The van der Waals surface area contributed by atoms with Crippen molar-refractivity contribution in [3.63, 3.8) is 0 Å². The van der Waals surface area contributed by atoms with Gasteiger partial charge in [-0.3, -0.25) is 10.1 Å². The third-order valence-corrected chi connectivity index (χ3v) is 2.85. The Balaban J connectivity index is 1.99. The molecule has 4 nitrogen and oxygen atoms in total. The molecular weight excluding hydrogens is 250 g/mol. The van der Waals surface area contributed by atoms with Crippen LogP contribution >= 0.6 is 11.9 Å². The second-order valence-electron chi connectivity index (χ2n) is 3.56. The van der Waals surface area contributed by atoms with Gasteiger partial charge in [0.15, 0.2) is 0 Å². The maximum atomic E-state index is 10.4. The van der Waals surface area contributed by atoms with Gasteiger partial charge in [0.1, 0.15) is 16.7 Å². The third kappa shape index (κ3) is 3.78. The fourth-order valence-corrected chi connectivity index (χ4v) is 1.93. The van der Waals surface area contributed by atoms with Crippen molar-refractivity contribution < 1.29 is 9.07 Å². The highest BCUT2D eigenvalue weighted by Crippen LogP contribution is 2.23. The van der Waals surface area contributed by atoms with E-state index in [1.165, 1.54) is 0 Å². The molecule has 0 unspecified atom stereocenters. The van der Waals surface area contributed by atoms with Gasteiger partial charge in [-0.2, -0.15) is 0 Å². The van der Waals surface area contributed by atoms with Crippen molar-refractivity contribution in [2.45, 2.75) is 11.5 Å². The molecule has 0 aromatic heterocycles. The lowest BCUT2D eigenvalue weighted by molar-refractivity contribution is -0.284. The van der Waals surface area contributed by atoms with Crippen molar-refractivity contribution in [3.05, 3.63) is 70.3 Å². The Morgan fingerprint density at radius 2 is 1.89 bits per heavy atom. The molecule has 0 aliphatic carbocycles. The first-order chi connectivity index (χ1) is 8.74. The van der Waals surface area contributed by atoms with Crippen LogP contribution in [0.5, 0.6) is 5.75 Å². The first-order valence-corrected chi connectivity index (χ1v) is 6.10. The summed E-state index contributed by atoms with van der Waals surface area (Å²) in [5.41, 5.74) is 1.06. The predicted molar refractivity (Wildman–Crippen MR) is 70.1 cm³/mol. The molecule has 0 atom stereocenters. The maximum Gasteiger partial charge on any atom is 0.265 e. The van der Waals surface area contributed by atoms with Crippen LogP contribution in [0.3, 0.4) is 0 Å². The molecule has 0 fully saturated rings. The Morgan fingerprint density at radius 3 is 2.61 bits per heavy atom. The number of hydrogen-bond acceptors (Lipinski definition) is 4. The second-order valence-corrected chi connectivity index (χ2v) is 4.52. The Labute approximate surface area is 109 Å². The van der Waals surface area contributed by atoms with E-state index in [0.717, 1.165) is 5.56 Å². The molecule has 18 heavy (non-hydrogen) atoms. The van der Waals surface area contributed by atoms with Crippen LogP contribution < -0.4 is 4.74 Å². The fourth-order valence-electron chi connectivity index (χ4n) is 1.45. The number of nitro groups is 1. The van der Waals surface area contributed by atoms with Crippen molar-refractivity contribution in [3.8, 4) is 5.75 Å². The largest absolute Gasteiger partial charge is 0.489 e. The van der Waals surface area contributed by atoms with E-state index in [2.05, 4.69) is 0 Å². The van der Waals surface area contributed by atoms with E-state index in [9.17, 15) is 10.1 Å². The average Bonchev–Trinajstić information content (AvgIpc) is 2.37. The summed E-state index contributed by atoms with van der Waals surface area (Å²) in [5, 5.41) is 10.4. The van der Waals surface area contributed by atoms with E-state index in [1.807, 2.05) is 30.3 Å². The summed E-state index contributed by atoms with van der Waals surface area (Å²) in [6.07, 6.45) is 0. The van der Waals surface area contributed by atoms with Gasteiger partial charge in [0.05, 0.1) is 4.90 Å².